The minimum Gasteiger partial charge on any atom is -0.349 e. The molecular formula is C15H24N2O. The molecule has 1 rings (SSSR count). The lowest BCUT2D eigenvalue weighted by Crippen LogP contribution is -2.24. The maximum absolute atomic E-state index is 11.4. The lowest BCUT2D eigenvalue weighted by atomic mass is 10.1. The van der Waals surface area contributed by atoms with E-state index in [-0.39, 0.29) is 5.91 Å². The quantitative estimate of drug-likeness (QED) is 0.785. The van der Waals surface area contributed by atoms with Gasteiger partial charge < -0.3 is 10.2 Å². The Morgan fingerprint density at radius 2 is 1.89 bits per heavy atom. The van der Waals surface area contributed by atoms with Gasteiger partial charge in [0.2, 0.25) is 5.91 Å². The standard InChI is InChI=1S/C15H24N2O/c1-12-7-9-14(10-8-12)13(2)16-11-5-6-15(18)17(3)4/h7-10,13,16H,5-6,11H2,1-4H3/t13-/m1/s1. The fraction of sp³-hybridized carbons (Fsp3) is 0.533. The maximum atomic E-state index is 11.4. The highest BCUT2D eigenvalue weighted by molar-refractivity contribution is 5.75. The number of benzene rings is 1. The first-order valence-corrected chi connectivity index (χ1v) is 6.51. The monoisotopic (exact) mass is 248 g/mol. The Morgan fingerprint density at radius 3 is 2.44 bits per heavy atom. The predicted molar refractivity (Wildman–Crippen MR) is 75.5 cm³/mol. The van der Waals surface area contributed by atoms with Gasteiger partial charge >= 0.3 is 0 Å². The molecule has 0 bridgehead atoms. The van der Waals surface area contributed by atoms with Gasteiger partial charge in [0.05, 0.1) is 0 Å². The van der Waals surface area contributed by atoms with Crippen LogP contribution in [0.15, 0.2) is 24.3 Å². The van der Waals surface area contributed by atoms with Crippen LogP contribution in [0.3, 0.4) is 0 Å². The minimum absolute atomic E-state index is 0.194. The molecule has 1 amide bonds. The molecule has 0 unspecified atom stereocenters. The summed E-state index contributed by atoms with van der Waals surface area (Å²) >= 11 is 0. The molecule has 0 heterocycles. The zero-order valence-corrected chi connectivity index (χ0v) is 11.9. The van der Waals surface area contributed by atoms with Crippen molar-refractivity contribution in [3.05, 3.63) is 35.4 Å². The molecule has 0 aromatic heterocycles. The molecule has 100 valence electrons. The van der Waals surface area contributed by atoms with E-state index in [0.29, 0.717) is 12.5 Å². The lowest BCUT2D eigenvalue weighted by Gasteiger charge is -2.15. The average Bonchev–Trinajstić information content (AvgIpc) is 2.34. The second kappa shape index (κ2) is 7.17. The second-order valence-corrected chi connectivity index (χ2v) is 4.98. The first kappa shape index (κ1) is 14.7. The molecule has 1 aromatic rings. The lowest BCUT2D eigenvalue weighted by molar-refractivity contribution is -0.128. The first-order chi connectivity index (χ1) is 8.50. The van der Waals surface area contributed by atoms with Gasteiger partial charge in [-0.25, -0.2) is 0 Å². The summed E-state index contributed by atoms with van der Waals surface area (Å²) in [4.78, 5) is 13.0. The van der Waals surface area contributed by atoms with Gasteiger partial charge in [-0.3, -0.25) is 4.79 Å². The van der Waals surface area contributed by atoms with Crippen molar-refractivity contribution in [2.45, 2.75) is 32.7 Å². The summed E-state index contributed by atoms with van der Waals surface area (Å²) < 4.78 is 0. The fourth-order valence-electron chi connectivity index (χ4n) is 1.75. The molecule has 0 saturated heterocycles. The Labute approximate surface area is 110 Å². The van der Waals surface area contributed by atoms with Crippen LogP contribution >= 0.6 is 0 Å². The topological polar surface area (TPSA) is 32.3 Å². The Morgan fingerprint density at radius 1 is 1.28 bits per heavy atom. The number of carbonyl (C=O) groups is 1. The molecule has 1 aromatic carbocycles. The van der Waals surface area contributed by atoms with Gasteiger partial charge in [-0.1, -0.05) is 29.8 Å². The summed E-state index contributed by atoms with van der Waals surface area (Å²) in [7, 11) is 3.59. The van der Waals surface area contributed by atoms with Crippen molar-refractivity contribution in [3.63, 3.8) is 0 Å². The Kier molecular flexibility index (Phi) is 5.86. The van der Waals surface area contributed by atoms with Gasteiger partial charge in [-0.2, -0.15) is 0 Å². The van der Waals surface area contributed by atoms with Crippen LogP contribution < -0.4 is 5.32 Å². The number of hydrogen-bond acceptors (Lipinski definition) is 2. The number of nitrogens with zero attached hydrogens (tertiary/aromatic N) is 1. The largest absolute Gasteiger partial charge is 0.349 e. The molecule has 0 aliphatic carbocycles. The van der Waals surface area contributed by atoms with Gasteiger partial charge in [0, 0.05) is 26.6 Å². The second-order valence-electron chi connectivity index (χ2n) is 4.98. The third-order valence-corrected chi connectivity index (χ3v) is 3.09. The van der Waals surface area contributed by atoms with Crippen molar-refractivity contribution in [3.8, 4) is 0 Å². The van der Waals surface area contributed by atoms with Gasteiger partial charge in [-0.05, 0) is 32.4 Å². The molecule has 0 saturated carbocycles. The van der Waals surface area contributed by atoms with E-state index in [1.165, 1.54) is 11.1 Å². The molecule has 0 radical (unpaired) electrons. The third kappa shape index (κ3) is 4.88. The van der Waals surface area contributed by atoms with Crippen LogP contribution in [0.25, 0.3) is 0 Å². The molecule has 0 aliphatic rings. The van der Waals surface area contributed by atoms with Crippen molar-refractivity contribution < 1.29 is 4.79 Å². The number of hydrogen-bond donors (Lipinski definition) is 1. The maximum Gasteiger partial charge on any atom is 0.222 e. The van der Waals surface area contributed by atoms with Crippen LogP contribution in [0.1, 0.15) is 36.9 Å². The Hall–Kier alpha value is -1.35. The zero-order valence-electron chi connectivity index (χ0n) is 11.9. The van der Waals surface area contributed by atoms with E-state index >= 15 is 0 Å². The predicted octanol–water partition coefficient (Wildman–Crippen LogP) is 2.51. The minimum atomic E-state index is 0.194. The van der Waals surface area contributed by atoms with Gasteiger partial charge in [-0.15, -0.1) is 0 Å². The fourth-order valence-corrected chi connectivity index (χ4v) is 1.75. The highest BCUT2D eigenvalue weighted by atomic mass is 16.2. The summed E-state index contributed by atoms with van der Waals surface area (Å²) in [5.74, 6) is 0.194. The third-order valence-electron chi connectivity index (χ3n) is 3.09. The van der Waals surface area contributed by atoms with E-state index in [1.807, 2.05) is 0 Å². The van der Waals surface area contributed by atoms with Crippen molar-refractivity contribution in [2.24, 2.45) is 0 Å². The van der Waals surface area contributed by atoms with E-state index < -0.39 is 0 Å². The summed E-state index contributed by atoms with van der Waals surface area (Å²) in [5, 5.41) is 3.44. The first-order valence-electron chi connectivity index (χ1n) is 6.51. The van der Waals surface area contributed by atoms with Gasteiger partial charge in [0.15, 0.2) is 0 Å². The van der Waals surface area contributed by atoms with Crippen LogP contribution in [0, 0.1) is 6.92 Å². The smallest absolute Gasteiger partial charge is 0.222 e. The molecule has 3 nitrogen and oxygen atoms in total. The summed E-state index contributed by atoms with van der Waals surface area (Å²) in [6.07, 6.45) is 1.49. The summed E-state index contributed by atoms with van der Waals surface area (Å²) in [6.45, 7) is 5.11. The van der Waals surface area contributed by atoms with Crippen molar-refractivity contribution in [1.29, 1.82) is 0 Å². The molecule has 1 atom stereocenters. The summed E-state index contributed by atoms with van der Waals surface area (Å²) in [5.41, 5.74) is 2.57. The number of carbonyl (C=O) groups excluding carboxylic acids is 1. The molecule has 3 heteroatoms. The average molecular weight is 248 g/mol. The highest BCUT2D eigenvalue weighted by Crippen LogP contribution is 2.12. The normalized spacial score (nSPS) is 12.2. The van der Waals surface area contributed by atoms with E-state index in [4.69, 9.17) is 0 Å². The number of amides is 1. The molecule has 0 aliphatic heterocycles. The Bertz CT molecular complexity index is 371. The molecule has 0 spiro atoms. The van der Waals surface area contributed by atoms with Crippen LogP contribution in [-0.2, 0) is 4.79 Å². The van der Waals surface area contributed by atoms with E-state index in [2.05, 4.69) is 43.4 Å². The SMILES string of the molecule is Cc1ccc([C@@H](C)NCCCC(=O)N(C)C)cc1. The van der Waals surface area contributed by atoms with Crippen molar-refractivity contribution in [2.75, 3.05) is 20.6 Å². The van der Waals surface area contributed by atoms with E-state index in [9.17, 15) is 4.79 Å². The zero-order chi connectivity index (χ0) is 13.5. The summed E-state index contributed by atoms with van der Waals surface area (Å²) in [6, 6.07) is 8.89. The molecular weight excluding hydrogens is 224 g/mol. The van der Waals surface area contributed by atoms with Crippen LogP contribution in [0.4, 0.5) is 0 Å². The number of aryl methyl sites for hydroxylation is 1. The highest BCUT2D eigenvalue weighted by Gasteiger charge is 2.06. The van der Waals surface area contributed by atoms with E-state index in [0.717, 1.165) is 13.0 Å². The van der Waals surface area contributed by atoms with Gasteiger partial charge in [0.1, 0.15) is 0 Å². The van der Waals surface area contributed by atoms with Crippen LogP contribution in [0.2, 0.25) is 0 Å². The van der Waals surface area contributed by atoms with Crippen molar-refractivity contribution >= 4 is 5.91 Å². The van der Waals surface area contributed by atoms with Gasteiger partial charge in [0.25, 0.3) is 0 Å². The molecule has 18 heavy (non-hydrogen) atoms. The van der Waals surface area contributed by atoms with E-state index in [1.54, 1.807) is 19.0 Å². The van der Waals surface area contributed by atoms with Crippen LogP contribution in [-0.4, -0.2) is 31.4 Å². The molecule has 1 N–H and O–H groups in total. The molecule has 0 fully saturated rings. The van der Waals surface area contributed by atoms with Crippen molar-refractivity contribution in [1.82, 2.24) is 10.2 Å². The van der Waals surface area contributed by atoms with Crippen LogP contribution in [0.5, 0.6) is 0 Å². The number of rotatable bonds is 6. The number of nitrogens with one attached hydrogen (secondary N) is 1. The Balaban J connectivity index is 2.27.